The van der Waals surface area contributed by atoms with Crippen molar-refractivity contribution in [2.45, 2.75) is 58.4 Å². The van der Waals surface area contributed by atoms with Crippen molar-refractivity contribution < 1.29 is 0 Å². The fourth-order valence-electron chi connectivity index (χ4n) is 3.02. The van der Waals surface area contributed by atoms with Crippen LogP contribution in [0.2, 0.25) is 0 Å². The first kappa shape index (κ1) is 14.2. The molecule has 0 spiro atoms. The molecule has 0 radical (unpaired) electrons. The Kier molecular flexibility index (Phi) is 5.50. The molecule has 1 unspecified atom stereocenters. The Bertz CT molecular complexity index is 383. The summed E-state index contributed by atoms with van der Waals surface area (Å²) < 4.78 is 0. The lowest BCUT2D eigenvalue weighted by molar-refractivity contribution is 0.318. The van der Waals surface area contributed by atoms with Gasteiger partial charge in [-0.15, -0.1) is 0 Å². The predicted molar refractivity (Wildman–Crippen MR) is 84.5 cm³/mol. The highest BCUT2D eigenvalue weighted by atomic mass is 14.9. The van der Waals surface area contributed by atoms with E-state index < -0.39 is 0 Å². The van der Waals surface area contributed by atoms with Gasteiger partial charge in [0.15, 0.2) is 0 Å². The number of hydrogen-bond donors (Lipinski definition) is 1. The van der Waals surface area contributed by atoms with Crippen LogP contribution in [0.5, 0.6) is 0 Å². The Morgan fingerprint density at radius 2 is 1.84 bits per heavy atom. The monoisotopic (exact) mass is 257 g/mol. The van der Waals surface area contributed by atoms with E-state index in [4.69, 9.17) is 0 Å². The summed E-state index contributed by atoms with van der Waals surface area (Å²) in [5, 5.41) is 3.76. The normalized spacial score (nSPS) is 17.8. The third-order valence-corrected chi connectivity index (χ3v) is 4.12. The molecule has 2 rings (SSSR count). The maximum atomic E-state index is 3.76. The minimum absolute atomic E-state index is 0.595. The molecule has 0 aliphatic heterocycles. The summed E-state index contributed by atoms with van der Waals surface area (Å²) in [6.07, 6.45) is 10.6. The van der Waals surface area contributed by atoms with Crippen LogP contribution in [0.4, 0.5) is 5.69 Å². The number of rotatable bonds is 5. The van der Waals surface area contributed by atoms with Crippen LogP contribution in [0, 0.1) is 5.92 Å². The molecule has 1 N–H and O–H groups in total. The third kappa shape index (κ3) is 4.74. The molecule has 1 heteroatoms. The molecule has 1 nitrogen and oxygen atoms in total. The average Bonchev–Trinajstić information content (AvgIpc) is 2.45. The van der Waals surface area contributed by atoms with Crippen LogP contribution in [-0.2, 0) is 0 Å². The van der Waals surface area contributed by atoms with Gasteiger partial charge in [0.25, 0.3) is 0 Å². The van der Waals surface area contributed by atoms with Gasteiger partial charge in [0.05, 0.1) is 0 Å². The number of benzene rings is 1. The largest absolute Gasteiger partial charge is 0.382 e. The van der Waals surface area contributed by atoms with Gasteiger partial charge >= 0.3 is 0 Å². The maximum absolute atomic E-state index is 3.76. The predicted octanol–water partition coefficient (Wildman–Crippen LogP) is 5.40. The van der Waals surface area contributed by atoms with Crippen molar-refractivity contribution in [3.05, 3.63) is 42.0 Å². The maximum Gasteiger partial charge on any atom is 0.0342 e. The number of anilines is 1. The van der Waals surface area contributed by atoms with E-state index in [1.54, 1.807) is 0 Å². The third-order valence-electron chi connectivity index (χ3n) is 4.12. The fraction of sp³-hybridized carbons (Fsp3) is 0.556. The van der Waals surface area contributed by atoms with Gasteiger partial charge in [-0.1, -0.05) is 49.1 Å². The molecule has 1 aliphatic carbocycles. The van der Waals surface area contributed by atoms with Gasteiger partial charge in [-0.2, -0.15) is 0 Å². The van der Waals surface area contributed by atoms with E-state index >= 15 is 0 Å². The minimum atomic E-state index is 0.595. The zero-order valence-electron chi connectivity index (χ0n) is 12.4. The molecule has 0 amide bonds. The Labute approximate surface area is 118 Å². The first-order valence-corrected chi connectivity index (χ1v) is 7.70. The van der Waals surface area contributed by atoms with E-state index in [2.05, 4.69) is 55.6 Å². The molecule has 0 bridgehead atoms. The van der Waals surface area contributed by atoms with E-state index in [1.807, 2.05) is 0 Å². The molecule has 1 fully saturated rings. The van der Waals surface area contributed by atoms with Gasteiger partial charge < -0.3 is 5.32 Å². The van der Waals surface area contributed by atoms with Gasteiger partial charge in [0.1, 0.15) is 0 Å². The molecule has 0 saturated heterocycles. The summed E-state index contributed by atoms with van der Waals surface area (Å²) in [4.78, 5) is 0. The number of para-hydroxylation sites is 1. The molecule has 1 saturated carbocycles. The van der Waals surface area contributed by atoms with Crippen molar-refractivity contribution in [1.29, 1.82) is 0 Å². The molecular weight excluding hydrogens is 230 g/mol. The van der Waals surface area contributed by atoms with E-state index in [1.165, 1.54) is 43.4 Å². The molecule has 1 aromatic rings. The van der Waals surface area contributed by atoms with E-state index in [9.17, 15) is 0 Å². The van der Waals surface area contributed by atoms with Gasteiger partial charge in [0.2, 0.25) is 0 Å². The average molecular weight is 257 g/mol. The second-order valence-electron chi connectivity index (χ2n) is 6.03. The standard InChI is InChI=1S/C18H27N/c1-15(2)13-14-18(16-9-5-3-6-10-16)19-17-11-7-4-8-12-17/h4,7-8,11-13,16,18-19H,3,5-6,9-10,14H2,1-2H3. The van der Waals surface area contributed by atoms with E-state index in [0.717, 1.165) is 12.3 Å². The molecule has 19 heavy (non-hydrogen) atoms. The Hall–Kier alpha value is -1.24. The van der Waals surface area contributed by atoms with Crippen LogP contribution in [0.1, 0.15) is 52.4 Å². The zero-order valence-corrected chi connectivity index (χ0v) is 12.4. The highest BCUT2D eigenvalue weighted by molar-refractivity contribution is 5.43. The Balaban J connectivity index is 2.02. The number of nitrogens with one attached hydrogen (secondary N) is 1. The quantitative estimate of drug-likeness (QED) is 0.696. The molecule has 0 aromatic heterocycles. The smallest absolute Gasteiger partial charge is 0.0342 e. The fourth-order valence-corrected chi connectivity index (χ4v) is 3.02. The van der Waals surface area contributed by atoms with Crippen molar-refractivity contribution in [2.75, 3.05) is 5.32 Å². The zero-order chi connectivity index (χ0) is 13.5. The number of hydrogen-bond acceptors (Lipinski definition) is 1. The highest BCUT2D eigenvalue weighted by Crippen LogP contribution is 2.30. The van der Waals surface area contributed by atoms with Crippen LogP contribution in [0.15, 0.2) is 42.0 Å². The summed E-state index contributed by atoms with van der Waals surface area (Å²) in [7, 11) is 0. The summed E-state index contributed by atoms with van der Waals surface area (Å²) in [5.74, 6) is 0.838. The van der Waals surface area contributed by atoms with E-state index in [0.29, 0.717) is 6.04 Å². The molecule has 1 aromatic carbocycles. The van der Waals surface area contributed by atoms with E-state index in [-0.39, 0.29) is 0 Å². The van der Waals surface area contributed by atoms with Crippen LogP contribution in [0.3, 0.4) is 0 Å². The first-order chi connectivity index (χ1) is 9.25. The van der Waals surface area contributed by atoms with Gasteiger partial charge in [-0.05, 0) is 51.2 Å². The molecule has 1 aliphatic rings. The summed E-state index contributed by atoms with van der Waals surface area (Å²) >= 11 is 0. The molecular formula is C18H27N. The topological polar surface area (TPSA) is 12.0 Å². The highest BCUT2D eigenvalue weighted by Gasteiger charge is 2.22. The Morgan fingerprint density at radius 1 is 1.16 bits per heavy atom. The summed E-state index contributed by atoms with van der Waals surface area (Å²) in [6.45, 7) is 4.39. The lowest BCUT2D eigenvalue weighted by atomic mass is 9.82. The van der Waals surface area contributed by atoms with Crippen LogP contribution in [0.25, 0.3) is 0 Å². The van der Waals surface area contributed by atoms with Crippen LogP contribution in [-0.4, -0.2) is 6.04 Å². The molecule has 104 valence electrons. The van der Waals surface area contributed by atoms with Crippen molar-refractivity contribution in [3.8, 4) is 0 Å². The second-order valence-corrected chi connectivity index (χ2v) is 6.03. The Morgan fingerprint density at radius 3 is 2.47 bits per heavy atom. The van der Waals surface area contributed by atoms with Crippen LogP contribution < -0.4 is 5.32 Å². The van der Waals surface area contributed by atoms with Crippen molar-refractivity contribution in [2.24, 2.45) is 5.92 Å². The van der Waals surface area contributed by atoms with Crippen LogP contribution >= 0.6 is 0 Å². The molecule has 0 heterocycles. The lowest BCUT2D eigenvalue weighted by Crippen LogP contribution is -2.30. The van der Waals surface area contributed by atoms with Gasteiger partial charge in [0, 0.05) is 11.7 Å². The SMILES string of the molecule is CC(C)=CCC(Nc1ccccc1)C1CCCCC1. The molecule has 1 atom stereocenters. The lowest BCUT2D eigenvalue weighted by Gasteiger charge is -2.31. The number of allylic oxidation sites excluding steroid dienone is 1. The minimum Gasteiger partial charge on any atom is -0.382 e. The summed E-state index contributed by atoms with van der Waals surface area (Å²) in [6, 6.07) is 11.3. The second kappa shape index (κ2) is 7.37. The first-order valence-electron chi connectivity index (χ1n) is 7.70. The van der Waals surface area contributed by atoms with Gasteiger partial charge in [-0.25, -0.2) is 0 Å². The van der Waals surface area contributed by atoms with Gasteiger partial charge in [-0.3, -0.25) is 0 Å². The van der Waals surface area contributed by atoms with Crippen molar-refractivity contribution in [1.82, 2.24) is 0 Å². The van der Waals surface area contributed by atoms with Crippen molar-refractivity contribution >= 4 is 5.69 Å². The van der Waals surface area contributed by atoms with Crippen molar-refractivity contribution in [3.63, 3.8) is 0 Å². The summed E-state index contributed by atoms with van der Waals surface area (Å²) in [5.41, 5.74) is 2.69.